The van der Waals surface area contributed by atoms with E-state index in [9.17, 15) is 8.78 Å². The highest BCUT2D eigenvalue weighted by Crippen LogP contribution is 2.40. The smallest absolute Gasteiger partial charge is 0.225 e. The summed E-state index contributed by atoms with van der Waals surface area (Å²) >= 11 is 0. The van der Waals surface area contributed by atoms with Crippen molar-refractivity contribution in [3.63, 3.8) is 0 Å². The second kappa shape index (κ2) is 5.87. The minimum absolute atomic E-state index is 0.174. The molecule has 1 aliphatic carbocycles. The van der Waals surface area contributed by atoms with Crippen molar-refractivity contribution in [2.45, 2.75) is 38.6 Å². The van der Waals surface area contributed by atoms with Crippen LogP contribution in [0.3, 0.4) is 0 Å². The zero-order valence-corrected chi connectivity index (χ0v) is 12.5. The van der Waals surface area contributed by atoms with Gasteiger partial charge in [0.1, 0.15) is 23.1 Å². The van der Waals surface area contributed by atoms with Gasteiger partial charge in [0.15, 0.2) is 0 Å². The molecule has 3 rings (SSSR count). The zero-order valence-electron chi connectivity index (χ0n) is 12.5. The normalized spacial score (nSPS) is 14.2. The van der Waals surface area contributed by atoms with Crippen molar-refractivity contribution >= 4 is 17.5 Å². The number of benzene rings is 1. The topological polar surface area (TPSA) is 49.8 Å². The van der Waals surface area contributed by atoms with Crippen molar-refractivity contribution in [1.29, 1.82) is 0 Å². The van der Waals surface area contributed by atoms with E-state index in [4.69, 9.17) is 0 Å². The van der Waals surface area contributed by atoms with Gasteiger partial charge in [-0.15, -0.1) is 0 Å². The van der Waals surface area contributed by atoms with Crippen LogP contribution >= 0.6 is 0 Å². The number of aromatic nitrogens is 2. The summed E-state index contributed by atoms with van der Waals surface area (Å²) in [5.74, 6) is -0.0145. The number of hydrogen-bond donors (Lipinski definition) is 2. The number of nitrogens with zero attached hydrogens (tertiary/aromatic N) is 2. The van der Waals surface area contributed by atoms with E-state index in [1.165, 1.54) is 18.2 Å². The molecule has 1 saturated carbocycles. The maximum Gasteiger partial charge on any atom is 0.225 e. The van der Waals surface area contributed by atoms with Gasteiger partial charge in [-0.3, -0.25) is 0 Å². The molecule has 0 aliphatic heterocycles. The zero-order chi connectivity index (χ0) is 15.7. The molecule has 0 bridgehead atoms. The van der Waals surface area contributed by atoms with E-state index in [-0.39, 0.29) is 11.7 Å². The standard InChI is InChI=1S/C16H18F2N4/c1-9(2)19-16-20-13(10-6-7-10)8-14(22-16)21-15-11(17)4-3-5-12(15)18/h3-5,8-10H,6-7H2,1-2H3,(H2,19,20,21,22). The molecule has 0 atom stereocenters. The van der Waals surface area contributed by atoms with Crippen LogP contribution in [-0.4, -0.2) is 16.0 Å². The number of para-hydroxylation sites is 1. The fourth-order valence-corrected chi connectivity index (χ4v) is 2.19. The first-order valence-corrected chi connectivity index (χ1v) is 7.39. The van der Waals surface area contributed by atoms with Crippen LogP contribution in [0.15, 0.2) is 24.3 Å². The Kier molecular flexibility index (Phi) is 3.92. The van der Waals surface area contributed by atoms with Crippen LogP contribution < -0.4 is 10.6 Å². The first kappa shape index (κ1) is 14.7. The molecule has 22 heavy (non-hydrogen) atoms. The molecular weight excluding hydrogens is 286 g/mol. The third-order valence-corrected chi connectivity index (χ3v) is 3.38. The summed E-state index contributed by atoms with van der Waals surface area (Å²) in [6.45, 7) is 3.97. The monoisotopic (exact) mass is 304 g/mol. The van der Waals surface area contributed by atoms with Crippen LogP contribution in [0.2, 0.25) is 0 Å². The number of hydrogen-bond acceptors (Lipinski definition) is 4. The summed E-state index contributed by atoms with van der Waals surface area (Å²) in [5.41, 5.74) is 0.704. The van der Waals surface area contributed by atoms with Crippen molar-refractivity contribution in [3.8, 4) is 0 Å². The average Bonchev–Trinajstić information content (AvgIpc) is 3.26. The van der Waals surface area contributed by atoms with Crippen molar-refractivity contribution < 1.29 is 8.78 Å². The highest BCUT2D eigenvalue weighted by molar-refractivity contribution is 5.59. The van der Waals surface area contributed by atoms with Crippen LogP contribution in [-0.2, 0) is 0 Å². The molecular formula is C16H18F2N4. The molecule has 4 nitrogen and oxygen atoms in total. The van der Waals surface area contributed by atoms with E-state index in [1.807, 2.05) is 13.8 Å². The largest absolute Gasteiger partial charge is 0.352 e. The molecule has 6 heteroatoms. The van der Waals surface area contributed by atoms with Crippen molar-refractivity contribution in [3.05, 3.63) is 41.6 Å². The van der Waals surface area contributed by atoms with E-state index >= 15 is 0 Å². The van der Waals surface area contributed by atoms with Gasteiger partial charge in [0.05, 0.1) is 5.69 Å². The van der Waals surface area contributed by atoms with Crippen molar-refractivity contribution in [1.82, 2.24) is 9.97 Å². The lowest BCUT2D eigenvalue weighted by atomic mass is 10.2. The van der Waals surface area contributed by atoms with Crippen LogP contribution in [0.5, 0.6) is 0 Å². The molecule has 0 radical (unpaired) electrons. The van der Waals surface area contributed by atoms with Gasteiger partial charge >= 0.3 is 0 Å². The lowest BCUT2D eigenvalue weighted by Gasteiger charge is -2.13. The van der Waals surface area contributed by atoms with Crippen LogP contribution in [0.25, 0.3) is 0 Å². The summed E-state index contributed by atoms with van der Waals surface area (Å²) in [7, 11) is 0. The van der Waals surface area contributed by atoms with E-state index in [0.29, 0.717) is 17.7 Å². The molecule has 1 heterocycles. The second-order valence-electron chi connectivity index (χ2n) is 5.80. The van der Waals surface area contributed by atoms with Crippen molar-refractivity contribution in [2.24, 2.45) is 0 Å². The summed E-state index contributed by atoms with van der Waals surface area (Å²) in [6.07, 6.45) is 2.18. The summed E-state index contributed by atoms with van der Waals surface area (Å²) in [6, 6.07) is 5.68. The molecule has 0 unspecified atom stereocenters. The maximum absolute atomic E-state index is 13.8. The Hall–Kier alpha value is -2.24. The SMILES string of the molecule is CC(C)Nc1nc(Nc2c(F)cccc2F)cc(C2CC2)n1. The van der Waals surface area contributed by atoms with E-state index < -0.39 is 11.6 Å². The average molecular weight is 304 g/mol. The maximum atomic E-state index is 13.8. The first-order valence-electron chi connectivity index (χ1n) is 7.39. The van der Waals surface area contributed by atoms with Gasteiger partial charge in [0, 0.05) is 18.0 Å². The highest BCUT2D eigenvalue weighted by atomic mass is 19.1. The molecule has 0 amide bonds. The fourth-order valence-electron chi connectivity index (χ4n) is 2.19. The molecule has 2 aromatic rings. The molecule has 0 saturated heterocycles. The minimum atomic E-state index is -0.648. The molecule has 116 valence electrons. The van der Waals surface area contributed by atoms with Gasteiger partial charge in [0.2, 0.25) is 5.95 Å². The molecule has 1 aliphatic rings. The number of halogens is 2. The van der Waals surface area contributed by atoms with Gasteiger partial charge in [-0.2, -0.15) is 4.98 Å². The number of rotatable bonds is 5. The Morgan fingerprint density at radius 3 is 2.41 bits per heavy atom. The van der Waals surface area contributed by atoms with Gasteiger partial charge in [-0.05, 0) is 38.8 Å². The van der Waals surface area contributed by atoms with Gasteiger partial charge < -0.3 is 10.6 Å². The van der Waals surface area contributed by atoms with Crippen LogP contribution in [0.1, 0.15) is 38.3 Å². The van der Waals surface area contributed by atoms with E-state index in [2.05, 4.69) is 20.6 Å². The molecule has 2 N–H and O–H groups in total. The van der Waals surface area contributed by atoms with E-state index in [0.717, 1.165) is 18.5 Å². The lowest BCUT2D eigenvalue weighted by molar-refractivity contribution is 0.590. The molecule has 1 aromatic carbocycles. The van der Waals surface area contributed by atoms with Gasteiger partial charge in [-0.25, -0.2) is 13.8 Å². The summed E-state index contributed by atoms with van der Waals surface area (Å²) in [4.78, 5) is 8.77. The molecule has 1 fully saturated rings. The Morgan fingerprint density at radius 1 is 1.14 bits per heavy atom. The van der Waals surface area contributed by atoms with Crippen molar-refractivity contribution in [2.75, 3.05) is 10.6 Å². The third kappa shape index (κ3) is 3.32. The first-order chi connectivity index (χ1) is 10.5. The van der Waals surface area contributed by atoms with Gasteiger partial charge in [-0.1, -0.05) is 6.07 Å². The predicted octanol–water partition coefficient (Wildman–Crippen LogP) is 4.20. The summed E-state index contributed by atoms with van der Waals surface area (Å²) in [5, 5.41) is 5.87. The fraction of sp³-hybridized carbons (Fsp3) is 0.375. The number of anilines is 3. The molecule has 1 aromatic heterocycles. The third-order valence-electron chi connectivity index (χ3n) is 3.38. The van der Waals surface area contributed by atoms with E-state index in [1.54, 1.807) is 6.07 Å². The van der Waals surface area contributed by atoms with Gasteiger partial charge in [0.25, 0.3) is 0 Å². The quantitative estimate of drug-likeness (QED) is 0.869. The highest BCUT2D eigenvalue weighted by Gasteiger charge is 2.26. The Morgan fingerprint density at radius 2 is 1.82 bits per heavy atom. The number of nitrogens with one attached hydrogen (secondary N) is 2. The Balaban J connectivity index is 1.93. The lowest BCUT2D eigenvalue weighted by Crippen LogP contribution is -2.14. The van der Waals surface area contributed by atoms with Crippen LogP contribution in [0, 0.1) is 11.6 Å². The molecule has 0 spiro atoms. The second-order valence-corrected chi connectivity index (χ2v) is 5.80. The predicted molar refractivity (Wildman–Crippen MR) is 82.4 cm³/mol. The minimum Gasteiger partial charge on any atom is -0.352 e. The summed E-state index contributed by atoms with van der Waals surface area (Å²) < 4.78 is 27.5. The Labute approximate surface area is 128 Å². The Bertz CT molecular complexity index is 664. The van der Waals surface area contributed by atoms with Crippen LogP contribution in [0.4, 0.5) is 26.2 Å².